The molecule has 0 unspecified atom stereocenters. The van der Waals surface area contributed by atoms with Gasteiger partial charge in [0.25, 0.3) is 5.66 Å². The number of hydrogen-bond donors (Lipinski definition) is 1. The van der Waals surface area contributed by atoms with Gasteiger partial charge >= 0.3 is 6.18 Å². The summed E-state index contributed by atoms with van der Waals surface area (Å²) >= 11 is 5.57. The molecule has 0 fully saturated rings. The zero-order valence-corrected chi connectivity index (χ0v) is 12.4. The van der Waals surface area contributed by atoms with Crippen molar-refractivity contribution in [2.24, 2.45) is 10.2 Å². The second-order valence-corrected chi connectivity index (χ2v) is 5.20. The summed E-state index contributed by atoms with van der Waals surface area (Å²) in [6.07, 6.45) is -5.04. The largest absolute Gasteiger partial charge is 0.493 e. The molecule has 1 N–H and O–H groups in total. The van der Waals surface area contributed by atoms with Crippen LogP contribution in [-0.4, -0.2) is 30.9 Å². The number of carbonyl (C=O) groups excluding carboxylic acids is 1. The highest BCUT2D eigenvalue weighted by Gasteiger charge is 2.63. The Bertz CT molecular complexity index is 616. The summed E-state index contributed by atoms with van der Waals surface area (Å²) in [6, 6.07) is 3.73. The molecule has 0 saturated heterocycles. The summed E-state index contributed by atoms with van der Waals surface area (Å²) in [4.78, 5) is 11.5. The number of rotatable bonds is 7. The van der Waals surface area contributed by atoms with E-state index in [1.807, 2.05) is 0 Å². The monoisotopic (exact) mass is 353 g/mol. The van der Waals surface area contributed by atoms with Gasteiger partial charge in [0.1, 0.15) is 11.6 Å². The van der Waals surface area contributed by atoms with Crippen molar-refractivity contribution in [3.05, 3.63) is 29.0 Å². The van der Waals surface area contributed by atoms with Crippen molar-refractivity contribution in [3.63, 3.8) is 0 Å². The predicted octanol–water partition coefficient (Wildman–Crippen LogP) is 3.48. The summed E-state index contributed by atoms with van der Waals surface area (Å²) < 4.78 is 55.7. The third-order valence-corrected chi connectivity index (χ3v) is 3.37. The lowest BCUT2D eigenvalue weighted by molar-refractivity contribution is -0.165. The molecule has 0 bridgehead atoms. The number of carbonyl (C=O) groups is 1. The Morgan fingerprint density at radius 1 is 1.35 bits per heavy atom. The van der Waals surface area contributed by atoms with E-state index in [4.69, 9.17) is 16.3 Å². The van der Waals surface area contributed by atoms with E-state index in [9.17, 15) is 22.4 Å². The summed E-state index contributed by atoms with van der Waals surface area (Å²) in [7, 11) is 0. The molecule has 1 amide bonds. The average Bonchev–Trinajstić information content (AvgIpc) is 3.23. The maximum atomic E-state index is 12.9. The van der Waals surface area contributed by atoms with Crippen LogP contribution in [0, 0.1) is 5.82 Å². The Morgan fingerprint density at radius 3 is 2.61 bits per heavy atom. The van der Waals surface area contributed by atoms with Crippen LogP contribution in [0.5, 0.6) is 5.75 Å². The maximum Gasteiger partial charge on any atom is 0.437 e. The number of amides is 1. The molecule has 0 atom stereocenters. The second kappa shape index (κ2) is 6.69. The van der Waals surface area contributed by atoms with Crippen LogP contribution < -0.4 is 10.1 Å². The van der Waals surface area contributed by atoms with Crippen molar-refractivity contribution in [2.45, 2.75) is 24.7 Å². The lowest BCUT2D eigenvalue weighted by Gasteiger charge is -2.14. The van der Waals surface area contributed by atoms with Gasteiger partial charge in [-0.25, -0.2) is 4.39 Å². The lowest BCUT2D eigenvalue weighted by atomic mass is 10.1. The van der Waals surface area contributed by atoms with Crippen LogP contribution >= 0.6 is 11.6 Å². The molecule has 10 heteroatoms. The van der Waals surface area contributed by atoms with E-state index in [1.165, 1.54) is 12.1 Å². The molecule has 0 aliphatic carbocycles. The molecule has 5 nitrogen and oxygen atoms in total. The van der Waals surface area contributed by atoms with Crippen molar-refractivity contribution in [1.29, 1.82) is 0 Å². The minimum Gasteiger partial charge on any atom is -0.493 e. The predicted molar refractivity (Wildman–Crippen MR) is 72.8 cm³/mol. The van der Waals surface area contributed by atoms with E-state index in [1.54, 1.807) is 0 Å². The van der Waals surface area contributed by atoms with Gasteiger partial charge < -0.3 is 10.1 Å². The highest BCUT2D eigenvalue weighted by molar-refractivity contribution is 6.30. The number of hydrogen-bond acceptors (Lipinski definition) is 4. The molecule has 23 heavy (non-hydrogen) atoms. The van der Waals surface area contributed by atoms with Gasteiger partial charge in [-0.1, -0.05) is 11.6 Å². The van der Waals surface area contributed by atoms with Crippen LogP contribution in [-0.2, 0) is 4.79 Å². The Morgan fingerprint density at radius 2 is 2.04 bits per heavy atom. The zero-order valence-electron chi connectivity index (χ0n) is 11.7. The van der Waals surface area contributed by atoms with E-state index in [-0.39, 0.29) is 30.3 Å². The van der Waals surface area contributed by atoms with Crippen molar-refractivity contribution < 1.29 is 27.1 Å². The smallest absolute Gasteiger partial charge is 0.437 e. The Kier molecular flexibility index (Phi) is 5.08. The summed E-state index contributed by atoms with van der Waals surface area (Å²) in [6.45, 7) is -0.222. The first-order valence-electron chi connectivity index (χ1n) is 6.59. The Labute approximate surface area is 133 Å². The summed E-state index contributed by atoms with van der Waals surface area (Å²) in [5, 5.41) is 8.22. The molecular formula is C13H12ClF4N3O2. The fourth-order valence-electron chi connectivity index (χ4n) is 1.71. The van der Waals surface area contributed by atoms with Crippen LogP contribution in [0.15, 0.2) is 28.4 Å². The number of halogens is 5. The van der Waals surface area contributed by atoms with Gasteiger partial charge in [-0.15, -0.1) is 10.2 Å². The first-order chi connectivity index (χ1) is 10.7. The van der Waals surface area contributed by atoms with Crippen LogP contribution in [0.4, 0.5) is 17.6 Å². The normalized spacial score (nSPS) is 15.3. The minimum absolute atomic E-state index is 0.0209. The highest BCUT2D eigenvalue weighted by Crippen LogP contribution is 2.46. The maximum absolute atomic E-state index is 12.9. The number of benzene rings is 1. The fraction of sp³-hybridized carbons (Fsp3) is 0.462. The highest BCUT2D eigenvalue weighted by atomic mass is 35.5. The minimum atomic E-state index is -4.54. The first kappa shape index (κ1) is 17.5. The number of nitrogens with zero attached hydrogens (tertiary/aromatic N) is 2. The van der Waals surface area contributed by atoms with Gasteiger partial charge in [0.05, 0.1) is 18.1 Å². The van der Waals surface area contributed by atoms with E-state index < -0.39 is 30.0 Å². The van der Waals surface area contributed by atoms with Crippen LogP contribution in [0.2, 0.25) is 5.02 Å². The van der Waals surface area contributed by atoms with Crippen molar-refractivity contribution in [3.8, 4) is 5.75 Å². The molecule has 0 radical (unpaired) electrons. The molecule has 0 saturated carbocycles. The standard InChI is InChI=1S/C13H12ClF4N3O2/c14-9-7-8(1-2-10(9)15)23-6-3-11(22)19-5-4-12(20-21-12)13(16,17)18/h1-2,7H,3-6H2,(H,19,22). The van der Waals surface area contributed by atoms with Gasteiger partial charge in [-0.2, -0.15) is 13.2 Å². The first-order valence-corrected chi connectivity index (χ1v) is 6.97. The third-order valence-electron chi connectivity index (χ3n) is 3.08. The van der Waals surface area contributed by atoms with E-state index in [0.717, 1.165) is 6.07 Å². The molecule has 1 heterocycles. The van der Waals surface area contributed by atoms with Gasteiger partial charge in [0.2, 0.25) is 5.91 Å². The van der Waals surface area contributed by atoms with Crippen LogP contribution in [0.1, 0.15) is 12.8 Å². The number of ether oxygens (including phenoxy) is 1. The lowest BCUT2D eigenvalue weighted by Crippen LogP contribution is -2.37. The average molecular weight is 354 g/mol. The van der Waals surface area contributed by atoms with E-state index in [0.29, 0.717) is 0 Å². The zero-order chi connectivity index (χ0) is 17.1. The Balaban J connectivity index is 1.65. The van der Waals surface area contributed by atoms with Crippen LogP contribution in [0.3, 0.4) is 0 Å². The van der Waals surface area contributed by atoms with Gasteiger partial charge in [-0.3, -0.25) is 4.79 Å². The van der Waals surface area contributed by atoms with Gasteiger partial charge in [0.15, 0.2) is 0 Å². The summed E-state index contributed by atoms with van der Waals surface area (Å²) in [5.74, 6) is -0.779. The molecule has 1 aromatic rings. The molecule has 0 aromatic heterocycles. The van der Waals surface area contributed by atoms with E-state index in [2.05, 4.69) is 15.5 Å². The molecular weight excluding hydrogens is 342 g/mol. The summed E-state index contributed by atoms with van der Waals surface area (Å²) in [5.41, 5.74) is -2.36. The molecule has 1 aromatic carbocycles. The fourth-order valence-corrected chi connectivity index (χ4v) is 1.88. The van der Waals surface area contributed by atoms with E-state index >= 15 is 0 Å². The number of nitrogens with one attached hydrogen (secondary N) is 1. The van der Waals surface area contributed by atoms with Crippen molar-refractivity contribution >= 4 is 17.5 Å². The second-order valence-electron chi connectivity index (χ2n) is 4.79. The van der Waals surface area contributed by atoms with Gasteiger partial charge in [0, 0.05) is 19.0 Å². The van der Waals surface area contributed by atoms with Crippen molar-refractivity contribution in [1.82, 2.24) is 5.32 Å². The molecule has 1 aliphatic rings. The van der Waals surface area contributed by atoms with Crippen LogP contribution in [0.25, 0.3) is 0 Å². The third kappa shape index (κ3) is 4.54. The topological polar surface area (TPSA) is 63.0 Å². The molecule has 126 valence electrons. The quantitative estimate of drug-likeness (QED) is 0.763. The molecule has 0 spiro atoms. The van der Waals surface area contributed by atoms with Crippen molar-refractivity contribution in [2.75, 3.05) is 13.2 Å². The molecule has 2 rings (SSSR count). The Hall–Kier alpha value is -1.90. The molecule has 1 aliphatic heterocycles. The van der Waals surface area contributed by atoms with Gasteiger partial charge in [-0.05, 0) is 12.1 Å². The SMILES string of the molecule is O=C(CCOc1ccc(F)c(Cl)c1)NCCC1(C(F)(F)F)N=N1. The number of alkyl halides is 3.